The highest BCUT2D eigenvalue weighted by molar-refractivity contribution is 7.90. The minimum atomic E-state index is -3.61. The normalized spacial score (nSPS) is 12.9. The number of nitrogens with one attached hydrogen (secondary N) is 1. The second-order valence-electron chi connectivity index (χ2n) is 6.01. The molecule has 8 heteroatoms. The molecule has 0 aliphatic heterocycles. The monoisotopic (exact) mass is 357 g/mol. The summed E-state index contributed by atoms with van der Waals surface area (Å²) < 4.78 is 28.7. The molecule has 1 rings (SSSR count). The average Bonchev–Trinajstić information content (AvgIpc) is 2.45. The standard InChI is InChI=1S/C16H23NO6S/c1-10(2)5-6-23-11(3)15(18)17-13-7-12(16(19)20)8-14(9-13)24(4,21)22/h7-11H,5-6H2,1-4H3,(H,17,18)(H,19,20). The van der Waals surface area contributed by atoms with Gasteiger partial charge in [0.25, 0.3) is 5.91 Å². The molecule has 0 heterocycles. The van der Waals surface area contributed by atoms with Gasteiger partial charge in [-0.15, -0.1) is 0 Å². The summed E-state index contributed by atoms with van der Waals surface area (Å²) in [5, 5.41) is 11.6. The van der Waals surface area contributed by atoms with Crippen LogP contribution in [0.2, 0.25) is 0 Å². The first-order valence-electron chi connectivity index (χ1n) is 7.51. The number of carbonyl (C=O) groups excluding carboxylic acids is 1. The van der Waals surface area contributed by atoms with Crippen LogP contribution in [0, 0.1) is 5.92 Å². The number of hydrogen-bond acceptors (Lipinski definition) is 5. The number of amides is 1. The predicted octanol–water partition coefficient (Wildman–Crippen LogP) is 2.18. The van der Waals surface area contributed by atoms with Crippen molar-refractivity contribution in [3.8, 4) is 0 Å². The first kappa shape index (κ1) is 20.1. The minimum Gasteiger partial charge on any atom is -0.478 e. The van der Waals surface area contributed by atoms with Gasteiger partial charge in [-0.05, 0) is 37.5 Å². The van der Waals surface area contributed by atoms with Crippen LogP contribution < -0.4 is 5.32 Å². The van der Waals surface area contributed by atoms with Crippen molar-refractivity contribution in [1.82, 2.24) is 0 Å². The van der Waals surface area contributed by atoms with Gasteiger partial charge in [0.05, 0.1) is 10.5 Å². The Kier molecular flexibility index (Phi) is 6.92. The topological polar surface area (TPSA) is 110 Å². The van der Waals surface area contributed by atoms with Gasteiger partial charge in [0.15, 0.2) is 9.84 Å². The Hall–Kier alpha value is -1.93. The van der Waals surface area contributed by atoms with Gasteiger partial charge in [-0.2, -0.15) is 0 Å². The fourth-order valence-electron chi connectivity index (χ4n) is 1.81. The molecule has 1 aromatic carbocycles. The van der Waals surface area contributed by atoms with Gasteiger partial charge in [-0.25, -0.2) is 13.2 Å². The van der Waals surface area contributed by atoms with Crippen LogP contribution in [0.3, 0.4) is 0 Å². The number of hydrogen-bond donors (Lipinski definition) is 2. The van der Waals surface area contributed by atoms with E-state index in [0.717, 1.165) is 18.7 Å². The van der Waals surface area contributed by atoms with Crippen LogP contribution in [0.1, 0.15) is 37.6 Å². The molecule has 0 aliphatic rings. The molecule has 1 atom stereocenters. The fourth-order valence-corrected chi connectivity index (χ4v) is 2.49. The van der Waals surface area contributed by atoms with E-state index in [1.807, 2.05) is 13.8 Å². The molecule has 0 radical (unpaired) electrons. The predicted molar refractivity (Wildman–Crippen MR) is 90.0 cm³/mol. The fraction of sp³-hybridized carbons (Fsp3) is 0.500. The summed E-state index contributed by atoms with van der Waals surface area (Å²) in [6.07, 6.45) is 1.04. The quantitative estimate of drug-likeness (QED) is 0.738. The summed E-state index contributed by atoms with van der Waals surface area (Å²) in [7, 11) is -3.61. The number of rotatable bonds is 8. The Morgan fingerprint density at radius 1 is 1.21 bits per heavy atom. The lowest BCUT2D eigenvalue weighted by atomic mass is 10.1. The Morgan fingerprint density at radius 2 is 1.83 bits per heavy atom. The minimum absolute atomic E-state index is 0.0969. The third-order valence-electron chi connectivity index (χ3n) is 3.28. The Morgan fingerprint density at radius 3 is 2.33 bits per heavy atom. The molecule has 0 fully saturated rings. The van der Waals surface area contributed by atoms with Crippen LogP contribution in [-0.4, -0.2) is 44.4 Å². The van der Waals surface area contributed by atoms with Gasteiger partial charge in [0, 0.05) is 18.6 Å². The maximum atomic E-state index is 12.1. The summed E-state index contributed by atoms with van der Waals surface area (Å²) in [5.74, 6) is -1.30. The second kappa shape index (κ2) is 8.25. The SMILES string of the molecule is CC(C)CCOC(C)C(=O)Nc1cc(C(=O)O)cc(S(C)(=O)=O)c1. The van der Waals surface area contributed by atoms with Gasteiger partial charge in [-0.1, -0.05) is 13.8 Å². The molecule has 0 saturated carbocycles. The summed E-state index contributed by atoms with van der Waals surface area (Å²) in [6.45, 7) is 6.08. The maximum absolute atomic E-state index is 12.1. The van der Waals surface area contributed by atoms with E-state index in [9.17, 15) is 18.0 Å². The molecule has 1 amide bonds. The summed E-state index contributed by atoms with van der Waals surface area (Å²) in [4.78, 5) is 23.0. The van der Waals surface area contributed by atoms with E-state index in [1.54, 1.807) is 6.92 Å². The zero-order valence-electron chi connectivity index (χ0n) is 14.2. The summed E-state index contributed by atoms with van der Waals surface area (Å²) in [6, 6.07) is 3.48. The Balaban J connectivity index is 2.91. The number of aromatic carboxylic acids is 1. The van der Waals surface area contributed by atoms with Gasteiger partial charge in [-0.3, -0.25) is 4.79 Å². The maximum Gasteiger partial charge on any atom is 0.335 e. The molecule has 0 aliphatic carbocycles. The molecule has 0 saturated heterocycles. The van der Waals surface area contributed by atoms with Gasteiger partial charge < -0.3 is 15.2 Å². The van der Waals surface area contributed by atoms with Crippen LogP contribution in [0.5, 0.6) is 0 Å². The van der Waals surface area contributed by atoms with Gasteiger partial charge >= 0.3 is 5.97 Å². The zero-order chi connectivity index (χ0) is 18.5. The van der Waals surface area contributed by atoms with E-state index in [2.05, 4.69) is 5.32 Å². The van der Waals surface area contributed by atoms with Crippen molar-refractivity contribution in [2.24, 2.45) is 5.92 Å². The number of benzene rings is 1. The van der Waals surface area contributed by atoms with Crippen LogP contribution in [-0.2, 0) is 19.4 Å². The molecule has 134 valence electrons. The number of carbonyl (C=O) groups is 2. The molecule has 0 spiro atoms. The lowest BCUT2D eigenvalue weighted by Gasteiger charge is -2.15. The van der Waals surface area contributed by atoms with Crippen LogP contribution >= 0.6 is 0 Å². The first-order valence-corrected chi connectivity index (χ1v) is 9.40. The first-order chi connectivity index (χ1) is 11.0. The van der Waals surface area contributed by atoms with E-state index >= 15 is 0 Å². The van der Waals surface area contributed by atoms with Crippen molar-refractivity contribution in [2.45, 2.75) is 38.2 Å². The van der Waals surface area contributed by atoms with Crippen molar-refractivity contribution in [3.63, 3.8) is 0 Å². The average molecular weight is 357 g/mol. The highest BCUT2D eigenvalue weighted by atomic mass is 32.2. The molecule has 0 aromatic heterocycles. The Labute approximate surface area is 141 Å². The van der Waals surface area contributed by atoms with E-state index in [1.165, 1.54) is 12.1 Å². The molecule has 1 aromatic rings. The van der Waals surface area contributed by atoms with E-state index in [4.69, 9.17) is 9.84 Å². The lowest BCUT2D eigenvalue weighted by Crippen LogP contribution is -2.28. The van der Waals surface area contributed by atoms with E-state index < -0.39 is 27.8 Å². The van der Waals surface area contributed by atoms with Gasteiger partial charge in [0.2, 0.25) is 0 Å². The lowest BCUT2D eigenvalue weighted by molar-refractivity contribution is -0.126. The number of sulfone groups is 1. The van der Waals surface area contributed by atoms with Crippen LogP contribution in [0.4, 0.5) is 5.69 Å². The van der Waals surface area contributed by atoms with E-state index in [0.29, 0.717) is 12.5 Å². The summed E-state index contributed by atoms with van der Waals surface area (Å²) >= 11 is 0. The largest absolute Gasteiger partial charge is 0.478 e. The number of anilines is 1. The zero-order valence-corrected chi connectivity index (χ0v) is 15.0. The van der Waals surface area contributed by atoms with Crippen molar-refractivity contribution >= 4 is 27.4 Å². The van der Waals surface area contributed by atoms with Crippen LogP contribution in [0.15, 0.2) is 23.1 Å². The van der Waals surface area contributed by atoms with Crippen molar-refractivity contribution in [1.29, 1.82) is 0 Å². The molecule has 2 N–H and O–H groups in total. The molecule has 24 heavy (non-hydrogen) atoms. The van der Waals surface area contributed by atoms with Gasteiger partial charge in [0.1, 0.15) is 6.10 Å². The third-order valence-corrected chi connectivity index (χ3v) is 4.37. The van der Waals surface area contributed by atoms with Crippen molar-refractivity contribution < 1.29 is 27.9 Å². The number of carboxylic acid groups (broad SMARTS) is 1. The van der Waals surface area contributed by atoms with Crippen molar-refractivity contribution in [3.05, 3.63) is 23.8 Å². The molecule has 7 nitrogen and oxygen atoms in total. The number of ether oxygens (including phenoxy) is 1. The third kappa shape index (κ3) is 6.29. The molecular formula is C16H23NO6S. The van der Waals surface area contributed by atoms with Crippen molar-refractivity contribution in [2.75, 3.05) is 18.2 Å². The Bertz CT molecular complexity index is 711. The molecular weight excluding hydrogens is 334 g/mol. The highest BCUT2D eigenvalue weighted by Gasteiger charge is 2.18. The van der Waals surface area contributed by atoms with Crippen LogP contribution in [0.25, 0.3) is 0 Å². The van der Waals surface area contributed by atoms with E-state index in [-0.39, 0.29) is 16.1 Å². The molecule has 1 unspecified atom stereocenters. The highest BCUT2D eigenvalue weighted by Crippen LogP contribution is 2.20. The second-order valence-corrected chi connectivity index (χ2v) is 8.02. The number of carboxylic acids is 1. The summed E-state index contributed by atoms with van der Waals surface area (Å²) in [5.41, 5.74) is -0.124. The smallest absolute Gasteiger partial charge is 0.335 e. The molecule has 0 bridgehead atoms.